The highest BCUT2D eigenvalue weighted by Crippen LogP contribution is 2.13. The summed E-state index contributed by atoms with van der Waals surface area (Å²) in [6, 6.07) is -0.722. The third-order valence-corrected chi connectivity index (χ3v) is 7.42. The van der Waals surface area contributed by atoms with E-state index in [2.05, 4.69) is 19.9 Å². The molecule has 8 nitrogen and oxygen atoms in total. The Labute approximate surface area is 257 Å². The summed E-state index contributed by atoms with van der Waals surface area (Å²) in [4.78, 5) is 36.3. The standard InChI is InChI=1S/C34H63NO7/c1-6-8-10-12-14-16-17-19-21-23-25-33(37)42-30(28-40-27-26-31(34(38)39)35(3,4)5)29-41-32(36)24-22-20-18-15-13-11-9-7-2/h18,20,30-31H,6-17,19,21-29H2,1-5H3/b20-18+. The predicted molar refractivity (Wildman–Crippen MR) is 167 cm³/mol. The molecule has 0 aromatic carbocycles. The van der Waals surface area contributed by atoms with Gasteiger partial charge in [-0.25, -0.2) is 0 Å². The van der Waals surface area contributed by atoms with Crippen molar-refractivity contribution in [3.63, 3.8) is 0 Å². The molecule has 0 saturated heterocycles. The van der Waals surface area contributed by atoms with Crippen molar-refractivity contribution in [1.29, 1.82) is 0 Å². The number of nitrogens with zero attached hydrogens (tertiary/aromatic N) is 1. The summed E-state index contributed by atoms with van der Waals surface area (Å²) in [5, 5.41) is 11.5. The normalized spacial score (nSPS) is 13.3. The molecule has 2 atom stereocenters. The molecule has 0 N–H and O–H groups in total. The minimum Gasteiger partial charge on any atom is -0.544 e. The highest BCUT2D eigenvalue weighted by atomic mass is 16.6. The molecule has 0 rings (SSSR count). The van der Waals surface area contributed by atoms with Gasteiger partial charge in [0.05, 0.1) is 40.3 Å². The van der Waals surface area contributed by atoms with E-state index in [0.717, 1.165) is 25.7 Å². The number of allylic oxidation sites excluding steroid dienone is 2. The Hall–Kier alpha value is -1.93. The zero-order chi connectivity index (χ0) is 31.5. The largest absolute Gasteiger partial charge is 0.544 e. The van der Waals surface area contributed by atoms with Crippen molar-refractivity contribution >= 4 is 17.9 Å². The van der Waals surface area contributed by atoms with Gasteiger partial charge in [-0.15, -0.1) is 0 Å². The number of hydrogen-bond donors (Lipinski definition) is 0. The molecular formula is C34H63NO7. The molecule has 0 aliphatic rings. The Morgan fingerprint density at radius 3 is 1.81 bits per heavy atom. The number of ether oxygens (including phenoxy) is 3. The molecule has 0 saturated carbocycles. The molecule has 0 aliphatic heterocycles. The maximum absolute atomic E-state index is 12.5. The molecule has 0 amide bonds. The van der Waals surface area contributed by atoms with Crippen molar-refractivity contribution in [2.75, 3.05) is 41.0 Å². The number of esters is 2. The van der Waals surface area contributed by atoms with Crippen molar-refractivity contribution in [1.82, 2.24) is 0 Å². The Morgan fingerprint density at radius 1 is 0.690 bits per heavy atom. The molecule has 0 radical (unpaired) electrons. The molecule has 2 unspecified atom stereocenters. The second-order valence-corrected chi connectivity index (χ2v) is 12.4. The van der Waals surface area contributed by atoms with Crippen LogP contribution in [0, 0.1) is 0 Å². The van der Waals surface area contributed by atoms with E-state index in [1.165, 1.54) is 70.6 Å². The minimum atomic E-state index is -1.13. The predicted octanol–water partition coefficient (Wildman–Crippen LogP) is 6.29. The maximum atomic E-state index is 12.5. The van der Waals surface area contributed by atoms with Crippen LogP contribution in [0.2, 0.25) is 0 Å². The number of carboxylic acid groups (broad SMARTS) is 1. The second-order valence-electron chi connectivity index (χ2n) is 12.4. The van der Waals surface area contributed by atoms with E-state index < -0.39 is 18.1 Å². The Morgan fingerprint density at radius 2 is 1.24 bits per heavy atom. The average Bonchev–Trinajstić information content (AvgIpc) is 2.92. The molecule has 0 aromatic heterocycles. The topological polar surface area (TPSA) is 102 Å². The summed E-state index contributed by atoms with van der Waals surface area (Å²) in [7, 11) is 5.37. The van der Waals surface area contributed by atoms with Gasteiger partial charge in [0.25, 0.3) is 0 Å². The van der Waals surface area contributed by atoms with E-state index in [1.54, 1.807) is 21.1 Å². The lowest BCUT2D eigenvalue weighted by atomic mass is 10.1. The summed E-state index contributed by atoms with van der Waals surface area (Å²) in [6.07, 6.45) is 22.6. The number of likely N-dealkylation sites (N-methyl/N-ethyl adjacent to an activating group) is 1. The summed E-state index contributed by atoms with van der Waals surface area (Å²) >= 11 is 0. The fraction of sp³-hybridized carbons (Fsp3) is 0.853. The molecule has 0 bridgehead atoms. The van der Waals surface area contributed by atoms with Gasteiger partial charge in [-0.05, 0) is 25.7 Å². The molecule has 0 fully saturated rings. The highest BCUT2D eigenvalue weighted by Gasteiger charge is 2.25. The molecule has 0 spiro atoms. The lowest BCUT2D eigenvalue weighted by Crippen LogP contribution is -2.55. The van der Waals surface area contributed by atoms with Crippen molar-refractivity contribution in [3.05, 3.63) is 12.2 Å². The van der Waals surface area contributed by atoms with Crippen LogP contribution < -0.4 is 5.11 Å². The molecular weight excluding hydrogens is 534 g/mol. The first-order chi connectivity index (χ1) is 20.1. The zero-order valence-corrected chi connectivity index (χ0v) is 27.7. The van der Waals surface area contributed by atoms with E-state index >= 15 is 0 Å². The van der Waals surface area contributed by atoms with E-state index in [4.69, 9.17) is 14.2 Å². The molecule has 246 valence electrons. The average molecular weight is 598 g/mol. The Bertz CT molecular complexity index is 717. The number of quaternary nitrogens is 1. The highest BCUT2D eigenvalue weighted by molar-refractivity contribution is 5.70. The van der Waals surface area contributed by atoms with E-state index in [0.29, 0.717) is 12.8 Å². The van der Waals surface area contributed by atoms with Crippen LogP contribution in [0.25, 0.3) is 0 Å². The smallest absolute Gasteiger partial charge is 0.306 e. The van der Waals surface area contributed by atoms with E-state index in [1.807, 2.05) is 6.08 Å². The van der Waals surface area contributed by atoms with Gasteiger partial charge < -0.3 is 28.6 Å². The van der Waals surface area contributed by atoms with Crippen LogP contribution in [-0.4, -0.2) is 75.5 Å². The van der Waals surface area contributed by atoms with Gasteiger partial charge in [-0.1, -0.05) is 103 Å². The third kappa shape index (κ3) is 24.6. The Balaban J connectivity index is 4.53. The minimum absolute atomic E-state index is 0.0334. The summed E-state index contributed by atoms with van der Waals surface area (Å²) in [6.45, 7) is 4.54. The summed E-state index contributed by atoms with van der Waals surface area (Å²) in [5.74, 6) is -1.80. The molecule has 8 heteroatoms. The van der Waals surface area contributed by atoms with Crippen molar-refractivity contribution in [2.45, 2.75) is 148 Å². The number of carbonyl (C=O) groups is 3. The lowest BCUT2D eigenvalue weighted by Gasteiger charge is -2.34. The fourth-order valence-corrected chi connectivity index (χ4v) is 4.73. The first kappa shape index (κ1) is 40.1. The number of hydrogen-bond acceptors (Lipinski definition) is 7. The number of unbranched alkanes of at least 4 members (excludes halogenated alkanes) is 13. The van der Waals surface area contributed by atoms with Crippen LogP contribution in [0.15, 0.2) is 12.2 Å². The summed E-state index contributed by atoms with van der Waals surface area (Å²) in [5.41, 5.74) is 0. The number of carbonyl (C=O) groups excluding carboxylic acids is 3. The van der Waals surface area contributed by atoms with E-state index in [-0.39, 0.29) is 49.1 Å². The third-order valence-electron chi connectivity index (χ3n) is 7.42. The fourth-order valence-electron chi connectivity index (χ4n) is 4.73. The molecule has 0 aliphatic carbocycles. The van der Waals surface area contributed by atoms with Gasteiger partial charge in [0.1, 0.15) is 12.6 Å². The first-order valence-electron chi connectivity index (χ1n) is 16.7. The monoisotopic (exact) mass is 597 g/mol. The molecule has 42 heavy (non-hydrogen) atoms. The quantitative estimate of drug-likeness (QED) is 0.0432. The number of rotatable bonds is 29. The van der Waals surface area contributed by atoms with Crippen LogP contribution in [0.5, 0.6) is 0 Å². The van der Waals surface area contributed by atoms with Gasteiger partial charge in [-0.2, -0.15) is 0 Å². The first-order valence-corrected chi connectivity index (χ1v) is 16.7. The van der Waals surface area contributed by atoms with Crippen LogP contribution in [-0.2, 0) is 28.6 Å². The summed E-state index contributed by atoms with van der Waals surface area (Å²) < 4.78 is 16.9. The van der Waals surface area contributed by atoms with Crippen molar-refractivity contribution < 1.29 is 38.2 Å². The van der Waals surface area contributed by atoms with Crippen molar-refractivity contribution in [2.24, 2.45) is 0 Å². The maximum Gasteiger partial charge on any atom is 0.306 e. The van der Waals surface area contributed by atoms with Gasteiger partial charge in [0, 0.05) is 19.3 Å². The van der Waals surface area contributed by atoms with Gasteiger partial charge >= 0.3 is 11.9 Å². The lowest BCUT2D eigenvalue weighted by molar-refractivity contribution is -0.889. The van der Waals surface area contributed by atoms with Gasteiger partial charge in [0.2, 0.25) is 0 Å². The van der Waals surface area contributed by atoms with Crippen LogP contribution >= 0.6 is 0 Å². The number of carboxylic acids is 1. The van der Waals surface area contributed by atoms with E-state index in [9.17, 15) is 19.5 Å². The van der Waals surface area contributed by atoms with Crippen LogP contribution in [0.3, 0.4) is 0 Å². The Kier molecular flexibility index (Phi) is 25.5. The van der Waals surface area contributed by atoms with Gasteiger partial charge in [0.15, 0.2) is 6.10 Å². The van der Waals surface area contributed by atoms with Gasteiger partial charge in [-0.3, -0.25) is 9.59 Å². The molecule has 0 heterocycles. The van der Waals surface area contributed by atoms with Crippen LogP contribution in [0.4, 0.5) is 0 Å². The SMILES string of the molecule is CCCCCC/C=C/CCC(=O)OCC(COCCC(C(=O)[O-])[N+](C)(C)C)OC(=O)CCCCCCCCCCCC. The van der Waals surface area contributed by atoms with Crippen molar-refractivity contribution in [3.8, 4) is 0 Å². The zero-order valence-electron chi connectivity index (χ0n) is 27.7. The second kappa shape index (κ2) is 26.7. The van der Waals surface area contributed by atoms with Crippen LogP contribution in [0.1, 0.15) is 136 Å². The molecule has 0 aromatic rings. The number of aliphatic carboxylic acids is 1.